The molecule has 2 aromatic rings. The van der Waals surface area contributed by atoms with Crippen molar-refractivity contribution in [2.24, 2.45) is 16.6 Å². The van der Waals surface area contributed by atoms with E-state index in [4.69, 9.17) is 16.9 Å². The Balaban J connectivity index is 1.93. The quantitative estimate of drug-likeness (QED) is 0.390. The highest BCUT2D eigenvalue weighted by Gasteiger charge is 2.60. The van der Waals surface area contributed by atoms with Crippen molar-refractivity contribution in [1.29, 1.82) is 0 Å². The maximum atomic E-state index is 15.0. The first kappa shape index (κ1) is 27.2. The number of halogens is 4. The van der Waals surface area contributed by atoms with Crippen LogP contribution in [-0.4, -0.2) is 49.8 Å². The van der Waals surface area contributed by atoms with Crippen LogP contribution >= 0.6 is 11.8 Å². The van der Waals surface area contributed by atoms with Gasteiger partial charge in [-0.3, -0.25) is 9.79 Å². The van der Waals surface area contributed by atoms with Gasteiger partial charge in [0.1, 0.15) is 11.5 Å². The van der Waals surface area contributed by atoms with Gasteiger partial charge < -0.3 is 20.9 Å². The molecule has 0 radical (unpaired) electrons. The number of carbonyl (C=O) groups is 1. The number of amidine groups is 1. The van der Waals surface area contributed by atoms with E-state index in [1.54, 1.807) is 0 Å². The molecule has 1 aliphatic heterocycles. The number of alkyl halides is 3. The average Bonchev–Trinajstić information content (AvgIpc) is 2.81. The van der Waals surface area contributed by atoms with E-state index in [1.807, 2.05) is 0 Å². The number of hydrogen-bond acceptors (Lipinski definition) is 8. The molecule has 0 saturated heterocycles. The molecular weight excluding hydrogens is 502 g/mol. The van der Waals surface area contributed by atoms with Gasteiger partial charge in [-0.15, -0.1) is 6.42 Å². The molecule has 0 spiro atoms. The SMILES string of the molecule is C#CCOc1cnc(C(=O)Nc2ccc(F)c([C@@]3(C)N=C(N)S[C@](C)([C@H](O)C(F)(F)F)[C@H]3C)c2)cn1. The molecule has 1 aliphatic rings. The number of aliphatic hydroxyl groups excluding tert-OH is 1. The van der Waals surface area contributed by atoms with E-state index in [0.29, 0.717) is 11.8 Å². The van der Waals surface area contributed by atoms with Gasteiger partial charge >= 0.3 is 6.18 Å². The van der Waals surface area contributed by atoms with Crippen LogP contribution in [-0.2, 0) is 5.54 Å². The fourth-order valence-corrected chi connectivity index (χ4v) is 5.28. The minimum absolute atomic E-state index is 0.0275. The third kappa shape index (κ3) is 5.24. The number of aliphatic hydroxyl groups is 1. The van der Waals surface area contributed by atoms with E-state index >= 15 is 4.39 Å². The maximum Gasteiger partial charge on any atom is 0.415 e. The number of ether oxygens (including phenoxy) is 1. The number of terminal acetylenes is 1. The molecule has 2 heterocycles. The van der Waals surface area contributed by atoms with Crippen LogP contribution < -0.4 is 15.8 Å². The van der Waals surface area contributed by atoms with E-state index in [-0.39, 0.29) is 34.6 Å². The van der Waals surface area contributed by atoms with Crippen molar-refractivity contribution in [2.45, 2.75) is 43.3 Å². The van der Waals surface area contributed by atoms with Crippen molar-refractivity contribution >= 4 is 28.5 Å². The summed E-state index contributed by atoms with van der Waals surface area (Å²) >= 11 is 0.582. The van der Waals surface area contributed by atoms with Crippen molar-refractivity contribution in [3.63, 3.8) is 0 Å². The first-order valence-corrected chi connectivity index (χ1v) is 11.3. The molecule has 3 rings (SSSR count). The molecule has 0 saturated carbocycles. The molecule has 0 fully saturated rings. The first-order chi connectivity index (χ1) is 16.7. The third-order valence-corrected chi connectivity index (χ3v) is 7.47. The van der Waals surface area contributed by atoms with E-state index in [1.165, 1.54) is 39.1 Å². The Morgan fingerprint density at radius 2 is 2.06 bits per heavy atom. The molecule has 4 N–H and O–H groups in total. The van der Waals surface area contributed by atoms with E-state index < -0.39 is 40.2 Å². The fourth-order valence-electron chi connectivity index (χ4n) is 3.94. The summed E-state index contributed by atoms with van der Waals surface area (Å²) in [4.78, 5) is 24.7. The standard InChI is InChI=1S/C23H23F4N5O3S/c1-5-8-35-17-11-29-16(10-30-17)18(33)31-13-6-7-15(24)14(9-13)21(3)12(2)22(4,36-20(28)32-21)19(34)23(25,26)27/h1,6-7,9-12,19,34H,8H2,2-4H3,(H2,28,32)(H,31,33)/t12-,19-,21-,22-/m0/s1. The normalized spacial score (nSPS) is 24.9. The molecule has 36 heavy (non-hydrogen) atoms. The molecule has 192 valence electrons. The lowest BCUT2D eigenvalue weighted by molar-refractivity contribution is -0.217. The Bertz CT molecular complexity index is 1220. The second-order valence-corrected chi connectivity index (χ2v) is 9.93. The summed E-state index contributed by atoms with van der Waals surface area (Å²) in [5.74, 6) is -0.115. The predicted octanol–water partition coefficient (Wildman–Crippen LogP) is 3.47. The van der Waals surface area contributed by atoms with Crippen LogP contribution in [0.4, 0.5) is 23.2 Å². The zero-order valence-electron chi connectivity index (χ0n) is 19.4. The first-order valence-electron chi connectivity index (χ1n) is 10.5. The average molecular weight is 526 g/mol. The van der Waals surface area contributed by atoms with Crippen molar-refractivity contribution in [3.8, 4) is 18.2 Å². The second kappa shape index (κ2) is 9.94. The number of thioether (sulfide) groups is 1. The maximum absolute atomic E-state index is 15.0. The summed E-state index contributed by atoms with van der Waals surface area (Å²) in [6, 6.07) is 3.59. The fraction of sp³-hybridized carbons (Fsp3) is 0.391. The highest BCUT2D eigenvalue weighted by Crippen LogP contribution is 2.54. The number of amides is 1. The number of nitrogens with two attached hydrogens (primary N) is 1. The van der Waals surface area contributed by atoms with Crippen LogP contribution in [0.2, 0.25) is 0 Å². The molecular formula is C23H23F4N5O3S. The van der Waals surface area contributed by atoms with Gasteiger partial charge in [0, 0.05) is 17.2 Å². The van der Waals surface area contributed by atoms with Gasteiger partial charge in [-0.05, 0) is 32.0 Å². The molecule has 0 bridgehead atoms. The Morgan fingerprint density at radius 3 is 2.64 bits per heavy atom. The van der Waals surface area contributed by atoms with Gasteiger partial charge in [0.25, 0.3) is 5.91 Å². The van der Waals surface area contributed by atoms with Crippen LogP contribution in [0.5, 0.6) is 5.88 Å². The predicted molar refractivity (Wildman–Crippen MR) is 127 cm³/mol. The molecule has 0 aliphatic carbocycles. The number of carbonyl (C=O) groups excluding carboxylic acids is 1. The number of aliphatic imine (C=N–C) groups is 1. The molecule has 4 atom stereocenters. The zero-order chi connectivity index (χ0) is 26.9. The highest BCUT2D eigenvalue weighted by atomic mass is 32.2. The van der Waals surface area contributed by atoms with Crippen LogP contribution in [0.25, 0.3) is 0 Å². The Hall–Kier alpha value is -3.37. The lowest BCUT2D eigenvalue weighted by atomic mass is 9.71. The highest BCUT2D eigenvalue weighted by molar-refractivity contribution is 8.15. The lowest BCUT2D eigenvalue weighted by Crippen LogP contribution is -2.58. The monoisotopic (exact) mass is 525 g/mol. The Kier molecular flexibility index (Phi) is 7.52. The van der Waals surface area contributed by atoms with Crippen molar-refractivity contribution in [2.75, 3.05) is 11.9 Å². The topological polar surface area (TPSA) is 123 Å². The lowest BCUT2D eigenvalue weighted by Gasteiger charge is -2.49. The number of benzene rings is 1. The van der Waals surface area contributed by atoms with Gasteiger partial charge in [-0.25, -0.2) is 14.4 Å². The largest absolute Gasteiger partial charge is 0.463 e. The van der Waals surface area contributed by atoms with E-state index in [0.717, 1.165) is 12.3 Å². The number of nitrogens with one attached hydrogen (secondary N) is 1. The van der Waals surface area contributed by atoms with Crippen molar-refractivity contribution in [3.05, 3.63) is 47.7 Å². The number of rotatable bonds is 6. The van der Waals surface area contributed by atoms with Gasteiger partial charge in [0.05, 0.1) is 22.7 Å². The van der Waals surface area contributed by atoms with Crippen molar-refractivity contribution in [1.82, 2.24) is 9.97 Å². The van der Waals surface area contributed by atoms with Crippen LogP contribution in [0.1, 0.15) is 36.8 Å². The van der Waals surface area contributed by atoms with E-state index in [9.17, 15) is 23.1 Å². The molecule has 8 nitrogen and oxygen atoms in total. The van der Waals surface area contributed by atoms with Gasteiger partial charge in [0.15, 0.2) is 17.9 Å². The van der Waals surface area contributed by atoms with Gasteiger partial charge in [0.2, 0.25) is 5.88 Å². The summed E-state index contributed by atoms with van der Waals surface area (Å²) in [5, 5.41) is 12.4. The summed E-state index contributed by atoms with van der Waals surface area (Å²) < 4.78 is 58.7. The number of nitrogens with zero attached hydrogens (tertiary/aromatic N) is 3. The third-order valence-electron chi connectivity index (χ3n) is 6.16. The summed E-state index contributed by atoms with van der Waals surface area (Å²) in [6.45, 7) is 4.04. The Labute approximate surface area is 208 Å². The summed E-state index contributed by atoms with van der Waals surface area (Å²) in [6.07, 6.45) is -0.236. The number of aromatic nitrogens is 2. The summed E-state index contributed by atoms with van der Waals surface area (Å²) in [5.41, 5.74) is 4.20. The van der Waals surface area contributed by atoms with Crippen LogP contribution in [0.15, 0.2) is 35.6 Å². The molecule has 13 heteroatoms. The number of anilines is 1. The Morgan fingerprint density at radius 1 is 1.36 bits per heavy atom. The smallest absolute Gasteiger partial charge is 0.415 e. The summed E-state index contributed by atoms with van der Waals surface area (Å²) in [7, 11) is 0. The van der Waals surface area contributed by atoms with Gasteiger partial charge in [-0.2, -0.15) is 13.2 Å². The van der Waals surface area contributed by atoms with Gasteiger partial charge in [-0.1, -0.05) is 24.6 Å². The number of hydrogen-bond donors (Lipinski definition) is 3. The molecule has 1 aromatic carbocycles. The molecule has 0 unspecified atom stereocenters. The second-order valence-electron chi connectivity index (χ2n) is 8.43. The van der Waals surface area contributed by atoms with E-state index in [2.05, 4.69) is 26.2 Å². The minimum Gasteiger partial charge on any atom is -0.463 e. The van der Waals surface area contributed by atoms with Crippen LogP contribution in [0.3, 0.4) is 0 Å². The molecule has 1 aromatic heterocycles. The van der Waals surface area contributed by atoms with Crippen molar-refractivity contribution < 1.29 is 32.2 Å². The molecule has 1 amide bonds. The minimum atomic E-state index is -4.94. The zero-order valence-corrected chi connectivity index (χ0v) is 20.2. The van der Waals surface area contributed by atoms with Crippen LogP contribution in [0, 0.1) is 24.1 Å².